The number of rotatable bonds is 6. The van der Waals surface area contributed by atoms with E-state index >= 15 is 0 Å². The van der Waals surface area contributed by atoms with Crippen molar-refractivity contribution in [3.8, 4) is 45.5 Å². The molecule has 136 valence electrons. The van der Waals surface area contributed by atoms with Gasteiger partial charge < -0.3 is 19.7 Å². The number of benzene rings is 2. The molecule has 3 aromatic rings. The summed E-state index contributed by atoms with van der Waals surface area (Å²) in [6.45, 7) is 4.68. The van der Waals surface area contributed by atoms with Gasteiger partial charge in [-0.2, -0.15) is 5.10 Å². The second-order valence-electron chi connectivity index (χ2n) is 5.77. The lowest BCUT2D eigenvalue weighted by Gasteiger charge is -2.08. The van der Waals surface area contributed by atoms with E-state index in [0.717, 1.165) is 22.5 Å². The van der Waals surface area contributed by atoms with Crippen molar-refractivity contribution >= 4 is 0 Å². The van der Waals surface area contributed by atoms with E-state index in [0.29, 0.717) is 24.7 Å². The van der Waals surface area contributed by atoms with Crippen molar-refractivity contribution < 1.29 is 19.7 Å². The fourth-order valence-corrected chi connectivity index (χ4v) is 2.77. The SMILES string of the molecule is CCOc1cc(-c2cc(-c3ccc(O)c(OCC)c3)n(C)n2)ccc1O. The van der Waals surface area contributed by atoms with E-state index in [1.165, 1.54) is 0 Å². The van der Waals surface area contributed by atoms with Crippen LogP contribution in [0.15, 0.2) is 42.5 Å². The number of hydrogen-bond acceptors (Lipinski definition) is 5. The maximum atomic E-state index is 9.89. The number of aromatic nitrogens is 2. The van der Waals surface area contributed by atoms with Gasteiger partial charge in [0.05, 0.1) is 24.6 Å². The standard InChI is InChI=1S/C20H22N2O4/c1-4-25-19-10-13(6-8-17(19)23)15-12-16(22(3)21-15)14-7-9-18(24)20(11-14)26-5-2/h6-12,23-24H,4-5H2,1-3H3. The van der Waals surface area contributed by atoms with Crippen LogP contribution in [0.2, 0.25) is 0 Å². The monoisotopic (exact) mass is 354 g/mol. The van der Waals surface area contributed by atoms with Gasteiger partial charge in [0.2, 0.25) is 0 Å². The minimum atomic E-state index is 0.103. The minimum Gasteiger partial charge on any atom is -0.504 e. The summed E-state index contributed by atoms with van der Waals surface area (Å²) in [5.74, 6) is 1.08. The fraction of sp³-hybridized carbons (Fsp3) is 0.250. The maximum absolute atomic E-state index is 9.89. The number of aromatic hydroxyl groups is 2. The Bertz CT molecular complexity index is 918. The predicted molar refractivity (Wildman–Crippen MR) is 99.7 cm³/mol. The number of hydrogen-bond donors (Lipinski definition) is 2. The molecule has 0 bridgehead atoms. The van der Waals surface area contributed by atoms with Crippen LogP contribution >= 0.6 is 0 Å². The highest BCUT2D eigenvalue weighted by atomic mass is 16.5. The quantitative estimate of drug-likeness (QED) is 0.701. The molecule has 0 atom stereocenters. The zero-order valence-corrected chi connectivity index (χ0v) is 15.1. The third kappa shape index (κ3) is 3.44. The van der Waals surface area contributed by atoms with Crippen LogP contribution in [0.4, 0.5) is 0 Å². The third-order valence-corrected chi connectivity index (χ3v) is 3.99. The fourth-order valence-electron chi connectivity index (χ4n) is 2.77. The number of ether oxygens (including phenoxy) is 2. The zero-order valence-electron chi connectivity index (χ0n) is 15.1. The van der Waals surface area contributed by atoms with Gasteiger partial charge in [-0.25, -0.2) is 0 Å². The molecule has 0 spiro atoms. The Morgan fingerprint density at radius 2 is 1.38 bits per heavy atom. The lowest BCUT2D eigenvalue weighted by molar-refractivity contribution is 0.318. The Labute approximate surface area is 152 Å². The van der Waals surface area contributed by atoms with Gasteiger partial charge in [-0.1, -0.05) is 0 Å². The number of phenolic OH excluding ortho intramolecular Hbond substituents is 2. The Morgan fingerprint density at radius 3 is 1.96 bits per heavy atom. The van der Waals surface area contributed by atoms with Crippen molar-refractivity contribution in [2.75, 3.05) is 13.2 Å². The summed E-state index contributed by atoms with van der Waals surface area (Å²) in [6.07, 6.45) is 0. The molecule has 0 saturated carbocycles. The number of aryl methyl sites for hydroxylation is 1. The van der Waals surface area contributed by atoms with Crippen LogP contribution in [0, 0.1) is 0 Å². The predicted octanol–water partition coefficient (Wildman–Crippen LogP) is 3.96. The van der Waals surface area contributed by atoms with Crippen molar-refractivity contribution in [3.63, 3.8) is 0 Å². The highest BCUT2D eigenvalue weighted by Gasteiger charge is 2.13. The van der Waals surface area contributed by atoms with Gasteiger partial charge in [0.1, 0.15) is 0 Å². The lowest BCUT2D eigenvalue weighted by atomic mass is 10.1. The molecule has 0 unspecified atom stereocenters. The van der Waals surface area contributed by atoms with Crippen molar-refractivity contribution in [3.05, 3.63) is 42.5 Å². The van der Waals surface area contributed by atoms with Crippen LogP contribution in [-0.2, 0) is 7.05 Å². The first-order valence-electron chi connectivity index (χ1n) is 8.49. The van der Waals surface area contributed by atoms with Gasteiger partial charge >= 0.3 is 0 Å². The smallest absolute Gasteiger partial charge is 0.161 e. The molecule has 2 N–H and O–H groups in total. The molecule has 3 rings (SSSR count). The molecule has 6 heteroatoms. The highest BCUT2D eigenvalue weighted by Crippen LogP contribution is 2.35. The molecule has 1 heterocycles. The summed E-state index contributed by atoms with van der Waals surface area (Å²) >= 11 is 0. The van der Waals surface area contributed by atoms with E-state index in [1.54, 1.807) is 35.0 Å². The Balaban J connectivity index is 2.00. The summed E-state index contributed by atoms with van der Waals surface area (Å²) in [5.41, 5.74) is 3.37. The molecular formula is C20H22N2O4. The molecule has 0 aliphatic rings. The van der Waals surface area contributed by atoms with E-state index in [2.05, 4.69) is 5.10 Å². The topological polar surface area (TPSA) is 76.7 Å². The summed E-state index contributed by atoms with van der Waals surface area (Å²) in [6, 6.07) is 12.3. The second kappa shape index (κ2) is 7.39. The Hall–Kier alpha value is -3.15. The summed E-state index contributed by atoms with van der Waals surface area (Å²) < 4.78 is 12.7. The van der Waals surface area contributed by atoms with Gasteiger partial charge in [-0.3, -0.25) is 4.68 Å². The molecule has 0 saturated heterocycles. The van der Waals surface area contributed by atoms with Crippen molar-refractivity contribution in [2.24, 2.45) is 7.05 Å². The Kier molecular flexibility index (Phi) is 5.02. The minimum absolute atomic E-state index is 0.103. The van der Waals surface area contributed by atoms with Gasteiger partial charge in [0.15, 0.2) is 23.0 Å². The maximum Gasteiger partial charge on any atom is 0.161 e. The molecule has 0 amide bonds. The first kappa shape index (κ1) is 17.7. The molecule has 0 aliphatic heterocycles. The largest absolute Gasteiger partial charge is 0.504 e. The average Bonchev–Trinajstić information content (AvgIpc) is 3.01. The molecule has 2 aromatic carbocycles. The first-order valence-corrected chi connectivity index (χ1v) is 8.49. The highest BCUT2D eigenvalue weighted by molar-refractivity contribution is 5.71. The van der Waals surface area contributed by atoms with Crippen LogP contribution in [0.25, 0.3) is 22.5 Å². The van der Waals surface area contributed by atoms with E-state index in [1.807, 2.05) is 33.0 Å². The first-order chi connectivity index (χ1) is 12.5. The van der Waals surface area contributed by atoms with Crippen LogP contribution in [0.5, 0.6) is 23.0 Å². The molecule has 1 aromatic heterocycles. The van der Waals surface area contributed by atoms with Gasteiger partial charge in [-0.15, -0.1) is 0 Å². The van der Waals surface area contributed by atoms with Crippen molar-refractivity contribution in [1.29, 1.82) is 0 Å². The van der Waals surface area contributed by atoms with Crippen LogP contribution in [0.3, 0.4) is 0 Å². The number of phenols is 2. The normalized spacial score (nSPS) is 10.7. The van der Waals surface area contributed by atoms with Crippen molar-refractivity contribution in [1.82, 2.24) is 9.78 Å². The molecule has 0 radical (unpaired) electrons. The second-order valence-corrected chi connectivity index (χ2v) is 5.77. The third-order valence-electron chi connectivity index (χ3n) is 3.99. The Morgan fingerprint density at radius 1 is 0.846 bits per heavy atom. The van der Waals surface area contributed by atoms with E-state index < -0.39 is 0 Å². The van der Waals surface area contributed by atoms with E-state index in [4.69, 9.17) is 9.47 Å². The summed E-state index contributed by atoms with van der Waals surface area (Å²) in [7, 11) is 1.86. The zero-order chi connectivity index (χ0) is 18.7. The number of nitrogens with zero attached hydrogens (tertiary/aromatic N) is 2. The lowest BCUT2D eigenvalue weighted by Crippen LogP contribution is -1.96. The average molecular weight is 354 g/mol. The van der Waals surface area contributed by atoms with E-state index in [-0.39, 0.29) is 11.5 Å². The molecule has 0 aliphatic carbocycles. The van der Waals surface area contributed by atoms with Crippen LogP contribution in [-0.4, -0.2) is 33.2 Å². The molecule has 26 heavy (non-hydrogen) atoms. The summed E-state index contributed by atoms with van der Waals surface area (Å²) in [5, 5.41) is 24.3. The van der Waals surface area contributed by atoms with Gasteiger partial charge in [0.25, 0.3) is 0 Å². The molecule has 0 fully saturated rings. The van der Waals surface area contributed by atoms with Gasteiger partial charge in [-0.05, 0) is 56.3 Å². The van der Waals surface area contributed by atoms with Crippen LogP contribution < -0.4 is 9.47 Å². The molecular weight excluding hydrogens is 332 g/mol. The van der Waals surface area contributed by atoms with Gasteiger partial charge in [0, 0.05) is 18.2 Å². The van der Waals surface area contributed by atoms with E-state index in [9.17, 15) is 10.2 Å². The molecule has 6 nitrogen and oxygen atoms in total. The van der Waals surface area contributed by atoms with Crippen LogP contribution in [0.1, 0.15) is 13.8 Å². The van der Waals surface area contributed by atoms with Crippen molar-refractivity contribution in [2.45, 2.75) is 13.8 Å². The summed E-state index contributed by atoms with van der Waals surface area (Å²) in [4.78, 5) is 0.